The van der Waals surface area contributed by atoms with E-state index in [9.17, 15) is 0 Å². The van der Waals surface area contributed by atoms with Gasteiger partial charge in [0.15, 0.2) is 0 Å². The number of halogens is 2. The van der Waals surface area contributed by atoms with Crippen LogP contribution in [-0.2, 0) is 7.05 Å². The van der Waals surface area contributed by atoms with E-state index < -0.39 is 0 Å². The molecule has 2 N–H and O–H groups in total. The van der Waals surface area contributed by atoms with Crippen LogP contribution in [0, 0.1) is 0 Å². The van der Waals surface area contributed by atoms with Crippen molar-refractivity contribution in [2.45, 2.75) is 6.04 Å². The highest BCUT2D eigenvalue weighted by Gasteiger charge is 2.21. The molecule has 0 saturated carbocycles. The molecule has 1 aromatic heterocycles. The van der Waals surface area contributed by atoms with Crippen LogP contribution in [0.1, 0.15) is 17.3 Å². The summed E-state index contributed by atoms with van der Waals surface area (Å²) in [6, 6.07) is 6.92. The quantitative estimate of drug-likeness (QED) is 0.939. The molecule has 0 radical (unpaired) electrons. The molecular weight excluding hydrogens is 271 g/mol. The number of aryl methyl sites for hydroxylation is 1. The van der Waals surface area contributed by atoms with Gasteiger partial charge in [0.05, 0.1) is 18.2 Å². The third kappa shape index (κ3) is 2.21. The third-order valence-corrected chi connectivity index (χ3v) is 3.54. The van der Waals surface area contributed by atoms with Crippen molar-refractivity contribution in [3.8, 4) is 5.75 Å². The Kier molecular flexibility index (Phi) is 3.85. The highest BCUT2D eigenvalue weighted by Crippen LogP contribution is 2.39. The Morgan fingerprint density at radius 3 is 2.44 bits per heavy atom. The van der Waals surface area contributed by atoms with Gasteiger partial charge in [0, 0.05) is 29.5 Å². The van der Waals surface area contributed by atoms with E-state index in [4.69, 9.17) is 33.7 Å². The van der Waals surface area contributed by atoms with E-state index in [1.165, 1.54) is 0 Å². The van der Waals surface area contributed by atoms with Crippen molar-refractivity contribution in [3.05, 3.63) is 51.8 Å². The van der Waals surface area contributed by atoms with Crippen LogP contribution in [0.2, 0.25) is 10.0 Å². The average molecular weight is 285 g/mol. The molecule has 0 spiro atoms. The van der Waals surface area contributed by atoms with Crippen LogP contribution in [0.5, 0.6) is 5.75 Å². The fourth-order valence-electron chi connectivity index (χ4n) is 1.99. The van der Waals surface area contributed by atoms with Crippen molar-refractivity contribution >= 4 is 23.2 Å². The van der Waals surface area contributed by atoms with Crippen LogP contribution in [0.3, 0.4) is 0 Å². The van der Waals surface area contributed by atoms with Gasteiger partial charge in [-0.1, -0.05) is 23.2 Å². The number of nitrogens with zero attached hydrogens (tertiary/aromatic N) is 1. The second kappa shape index (κ2) is 5.22. The molecule has 0 aliphatic heterocycles. The zero-order chi connectivity index (χ0) is 13.3. The normalized spacial score (nSPS) is 12.5. The number of aromatic nitrogens is 1. The van der Waals surface area contributed by atoms with Crippen LogP contribution in [0.15, 0.2) is 30.5 Å². The Morgan fingerprint density at radius 2 is 1.89 bits per heavy atom. The predicted octanol–water partition coefficient (Wildman–Crippen LogP) is 3.39. The average Bonchev–Trinajstić information content (AvgIpc) is 2.77. The first-order valence-corrected chi connectivity index (χ1v) is 6.20. The first-order valence-electron chi connectivity index (χ1n) is 5.45. The molecule has 2 rings (SSSR count). The number of nitrogens with two attached hydrogens (primary N) is 1. The summed E-state index contributed by atoms with van der Waals surface area (Å²) in [4.78, 5) is 0. The highest BCUT2D eigenvalue weighted by atomic mass is 35.5. The van der Waals surface area contributed by atoms with Crippen molar-refractivity contribution in [2.24, 2.45) is 12.8 Å². The van der Waals surface area contributed by atoms with Gasteiger partial charge in [0.2, 0.25) is 0 Å². The molecule has 1 atom stereocenters. The first-order chi connectivity index (χ1) is 8.56. The summed E-state index contributed by atoms with van der Waals surface area (Å²) < 4.78 is 7.26. The molecule has 0 aliphatic rings. The molecule has 18 heavy (non-hydrogen) atoms. The molecule has 0 saturated heterocycles. The van der Waals surface area contributed by atoms with Crippen LogP contribution >= 0.6 is 23.2 Å². The summed E-state index contributed by atoms with van der Waals surface area (Å²) in [5, 5.41) is 1.05. The summed E-state index contributed by atoms with van der Waals surface area (Å²) >= 11 is 12.3. The monoisotopic (exact) mass is 284 g/mol. The minimum Gasteiger partial charge on any atom is -0.495 e. The maximum Gasteiger partial charge on any atom is 0.144 e. The minimum absolute atomic E-state index is 0.383. The molecule has 0 amide bonds. The van der Waals surface area contributed by atoms with Crippen LogP contribution in [-0.4, -0.2) is 11.7 Å². The Morgan fingerprint density at radius 1 is 1.22 bits per heavy atom. The molecule has 1 aromatic carbocycles. The molecule has 0 bridgehead atoms. The summed E-state index contributed by atoms with van der Waals surface area (Å²) in [6.45, 7) is 0. The zero-order valence-electron chi connectivity index (χ0n) is 10.2. The fourth-order valence-corrected chi connectivity index (χ4v) is 2.50. The van der Waals surface area contributed by atoms with E-state index in [0.29, 0.717) is 21.4 Å². The number of benzene rings is 1. The van der Waals surface area contributed by atoms with Crippen molar-refractivity contribution in [1.82, 2.24) is 4.57 Å². The molecule has 2 aromatic rings. The summed E-state index contributed by atoms with van der Waals surface area (Å²) in [5.74, 6) is 0.526. The lowest BCUT2D eigenvalue weighted by molar-refractivity contribution is 0.407. The zero-order valence-corrected chi connectivity index (χ0v) is 11.7. The van der Waals surface area contributed by atoms with Crippen molar-refractivity contribution < 1.29 is 4.74 Å². The SMILES string of the molecule is COc1c(Cl)ccc(Cl)c1C(N)c1cccn1C. The summed E-state index contributed by atoms with van der Waals surface area (Å²) in [6.07, 6.45) is 1.93. The van der Waals surface area contributed by atoms with Gasteiger partial charge in [0.1, 0.15) is 5.75 Å². The van der Waals surface area contributed by atoms with Gasteiger partial charge in [0.25, 0.3) is 0 Å². The van der Waals surface area contributed by atoms with E-state index >= 15 is 0 Å². The lowest BCUT2D eigenvalue weighted by Crippen LogP contribution is -2.16. The number of ether oxygens (including phenoxy) is 1. The molecule has 3 nitrogen and oxygen atoms in total. The van der Waals surface area contributed by atoms with Gasteiger partial charge >= 0.3 is 0 Å². The van der Waals surface area contributed by atoms with E-state index in [-0.39, 0.29) is 6.04 Å². The number of hydrogen-bond acceptors (Lipinski definition) is 2. The maximum absolute atomic E-state index is 6.26. The Balaban J connectivity index is 2.57. The molecule has 96 valence electrons. The van der Waals surface area contributed by atoms with Gasteiger partial charge in [-0.3, -0.25) is 0 Å². The third-order valence-electron chi connectivity index (χ3n) is 2.91. The Labute approximate surface area is 116 Å². The molecule has 1 unspecified atom stereocenters. The fraction of sp³-hybridized carbons (Fsp3) is 0.231. The highest BCUT2D eigenvalue weighted by molar-refractivity contribution is 6.35. The number of hydrogen-bond donors (Lipinski definition) is 1. The topological polar surface area (TPSA) is 40.2 Å². The summed E-state index contributed by atoms with van der Waals surface area (Å²) in [5.41, 5.74) is 7.91. The first kappa shape index (κ1) is 13.3. The predicted molar refractivity (Wildman–Crippen MR) is 74.5 cm³/mol. The van der Waals surface area contributed by atoms with E-state index in [0.717, 1.165) is 5.69 Å². The van der Waals surface area contributed by atoms with Crippen LogP contribution < -0.4 is 10.5 Å². The maximum atomic E-state index is 6.26. The largest absolute Gasteiger partial charge is 0.495 e. The summed E-state index contributed by atoms with van der Waals surface area (Å²) in [7, 11) is 3.48. The van der Waals surface area contributed by atoms with Crippen molar-refractivity contribution in [3.63, 3.8) is 0 Å². The Hall–Kier alpha value is -1.16. The van der Waals surface area contributed by atoms with E-state index in [2.05, 4.69) is 0 Å². The smallest absolute Gasteiger partial charge is 0.144 e. The molecular formula is C13H14Cl2N2O. The van der Waals surface area contributed by atoms with Gasteiger partial charge in [-0.05, 0) is 24.3 Å². The molecule has 1 heterocycles. The standard InChI is InChI=1S/C13H14Cl2N2O/c1-17-7-3-4-10(17)12(16)11-8(14)5-6-9(15)13(11)18-2/h3-7,12H,16H2,1-2H3. The van der Waals surface area contributed by atoms with Gasteiger partial charge in [-0.25, -0.2) is 0 Å². The second-order valence-electron chi connectivity index (χ2n) is 4.00. The van der Waals surface area contributed by atoms with E-state index in [1.54, 1.807) is 19.2 Å². The lowest BCUT2D eigenvalue weighted by Gasteiger charge is -2.19. The van der Waals surface area contributed by atoms with E-state index in [1.807, 2.05) is 29.9 Å². The van der Waals surface area contributed by atoms with Gasteiger partial charge in [-0.15, -0.1) is 0 Å². The number of rotatable bonds is 3. The van der Waals surface area contributed by atoms with Crippen molar-refractivity contribution in [1.29, 1.82) is 0 Å². The molecule has 0 aliphatic carbocycles. The minimum atomic E-state index is -0.383. The lowest BCUT2D eigenvalue weighted by atomic mass is 10.0. The van der Waals surface area contributed by atoms with Crippen LogP contribution in [0.4, 0.5) is 0 Å². The second-order valence-corrected chi connectivity index (χ2v) is 4.81. The van der Waals surface area contributed by atoms with Crippen molar-refractivity contribution in [2.75, 3.05) is 7.11 Å². The molecule has 5 heteroatoms. The van der Waals surface area contributed by atoms with Crippen LogP contribution in [0.25, 0.3) is 0 Å². The number of methoxy groups -OCH3 is 1. The molecule has 0 fully saturated rings. The Bertz CT molecular complexity index is 566. The van der Waals surface area contributed by atoms with Gasteiger partial charge in [-0.2, -0.15) is 0 Å². The van der Waals surface area contributed by atoms with Gasteiger partial charge < -0.3 is 15.0 Å².